The first kappa shape index (κ1) is 15.4. The van der Waals surface area contributed by atoms with Gasteiger partial charge in [-0.25, -0.2) is 9.37 Å². The average molecular weight is 357 g/mol. The highest BCUT2D eigenvalue weighted by molar-refractivity contribution is 7.15. The number of hydrogen-bond acceptors (Lipinski definition) is 2. The standard InChI is InChI=1S/C19H14ClFN2S/c1-12-6-9-18(24-12)19-22-16-10-14(21)7-8-17(16)23(19)11-13-4-2-3-5-15(13)20/h2-10H,11H2,1H3. The minimum absolute atomic E-state index is 0.279. The predicted octanol–water partition coefficient (Wildman–Crippen LogP) is 5.91. The van der Waals surface area contributed by atoms with E-state index >= 15 is 0 Å². The van der Waals surface area contributed by atoms with Crippen LogP contribution in [0, 0.1) is 12.7 Å². The molecule has 4 rings (SSSR count). The Kier molecular flexibility index (Phi) is 3.87. The van der Waals surface area contributed by atoms with Crippen molar-refractivity contribution in [2.45, 2.75) is 13.5 Å². The number of fused-ring (bicyclic) bond motifs is 1. The minimum Gasteiger partial charge on any atom is -0.319 e. The molecule has 0 spiro atoms. The van der Waals surface area contributed by atoms with E-state index in [0.717, 1.165) is 26.8 Å². The number of thiophene rings is 1. The SMILES string of the molecule is Cc1ccc(-c2nc3cc(F)ccc3n2Cc2ccccc2Cl)s1. The number of rotatable bonds is 3. The molecular weight excluding hydrogens is 343 g/mol. The molecule has 24 heavy (non-hydrogen) atoms. The van der Waals surface area contributed by atoms with E-state index in [-0.39, 0.29) is 5.82 Å². The van der Waals surface area contributed by atoms with Gasteiger partial charge < -0.3 is 4.57 Å². The van der Waals surface area contributed by atoms with Crippen LogP contribution in [0.2, 0.25) is 5.02 Å². The van der Waals surface area contributed by atoms with Gasteiger partial charge in [-0.1, -0.05) is 29.8 Å². The van der Waals surface area contributed by atoms with Crippen molar-refractivity contribution in [2.24, 2.45) is 0 Å². The van der Waals surface area contributed by atoms with Crippen molar-refractivity contribution < 1.29 is 4.39 Å². The number of benzene rings is 2. The Morgan fingerprint density at radius 3 is 2.71 bits per heavy atom. The molecule has 0 radical (unpaired) electrons. The second-order valence-corrected chi connectivity index (χ2v) is 7.35. The van der Waals surface area contributed by atoms with Crippen LogP contribution in [0.5, 0.6) is 0 Å². The number of nitrogens with zero attached hydrogens (tertiary/aromatic N) is 2. The van der Waals surface area contributed by atoms with Gasteiger partial charge >= 0.3 is 0 Å². The Labute approximate surface area is 148 Å². The third-order valence-electron chi connectivity index (χ3n) is 3.96. The molecular formula is C19H14ClFN2S. The van der Waals surface area contributed by atoms with Gasteiger partial charge in [0.1, 0.15) is 5.82 Å². The summed E-state index contributed by atoms with van der Waals surface area (Å²) in [6.45, 7) is 2.66. The molecule has 0 fully saturated rings. The molecule has 2 heterocycles. The van der Waals surface area contributed by atoms with Crippen molar-refractivity contribution in [3.05, 3.63) is 75.9 Å². The van der Waals surface area contributed by atoms with Crippen LogP contribution in [0.4, 0.5) is 4.39 Å². The van der Waals surface area contributed by atoms with Gasteiger partial charge in [0.05, 0.1) is 22.5 Å². The van der Waals surface area contributed by atoms with E-state index in [1.165, 1.54) is 17.0 Å². The van der Waals surface area contributed by atoms with E-state index in [1.807, 2.05) is 24.3 Å². The summed E-state index contributed by atoms with van der Waals surface area (Å²) in [7, 11) is 0. The molecule has 2 aromatic carbocycles. The van der Waals surface area contributed by atoms with E-state index in [0.29, 0.717) is 12.1 Å². The maximum atomic E-state index is 13.6. The first-order valence-electron chi connectivity index (χ1n) is 7.58. The summed E-state index contributed by atoms with van der Waals surface area (Å²) in [5.41, 5.74) is 2.57. The van der Waals surface area contributed by atoms with Crippen LogP contribution < -0.4 is 0 Å². The van der Waals surface area contributed by atoms with E-state index in [2.05, 4.69) is 28.6 Å². The quantitative estimate of drug-likeness (QED) is 0.446. The van der Waals surface area contributed by atoms with Crippen molar-refractivity contribution in [3.8, 4) is 10.7 Å². The smallest absolute Gasteiger partial charge is 0.151 e. The summed E-state index contributed by atoms with van der Waals surface area (Å²) in [5.74, 6) is 0.562. The Morgan fingerprint density at radius 2 is 1.96 bits per heavy atom. The predicted molar refractivity (Wildman–Crippen MR) is 98.3 cm³/mol. The fourth-order valence-corrected chi connectivity index (χ4v) is 3.86. The third-order valence-corrected chi connectivity index (χ3v) is 5.32. The highest BCUT2D eigenvalue weighted by Gasteiger charge is 2.15. The third kappa shape index (κ3) is 2.72. The van der Waals surface area contributed by atoms with Gasteiger partial charge in [-0.2, -0.15) is 0 Å². The molecule has 0 aliphatic carbocycles. The van der Waals surface area contributed by atoms with Crippen LogP contribution in [-0.4, -0.2) is 9.55 Å². The van der Waals surface area contributed by atoms with Crippen LogP contribution in [0.25, 0.3) is 21.7 Å². The van der Waals surface area contributed by atoms with Crippen LogP contribution >= 0.6 is 22.9 Å². The molecule has 0 aliphatic rings. The number of halogens is 2. The van der Waals surface area contributed by atoms with E-state index in [9.17, 15) is 4.39 Å². The molecule has 5 heteroatoms. The number of aromatic nitrogens is 2. The molecule has 0 atom stereocenters. The van der Waals surface area contributed by atoms with E-state index in [1.54, 1.807) is 17.4 Å². The van der Waals surface area contributed by atoms with Crippen LogP contribution in [0.15, 0.2) is 54.6 Å². The number of imidazole rings is 1. The maximum Gasteiger partial charge on any atom is 0.151 e. The van der Waals surface area contributed by atoms with Gasteiger partial charge in [0.25, 0.3) is 0 Å². The van der Waals surface area contributed by atoms with Gasteiger partial charge in [0, 0.05) is 16.0 Å². The maximum absolute atomic E-state index is 13.6. The van der Waals surface area contributed by atoms with Crippen molar-refractivity contribution >= 4 is 34.0 Å². The van der Waals surface area contributed by atoms with E-state index < -0.39 is 0 Å². The molecule has 0 unspecified atom stereocenters. The molecule has 4 aromatic rings. The lowest BCUT2D eigenvalue weighted by molar-refractivity contribution is 0.629. The molecule has 2 nitrogen and oxygen atoms in total. The number of aryl methyl sites for hydroxylation is 1. The molecule has 0 saturated heterocycles. The fourth-order valence-electron chi connectivity index (χ4n) is 2.80. The monoisotopic (exact) mass is 356 g/mol. The lowest BCUT2D eigenvalue weighted by Crippen LogP contribution is -2.02. The summed E-state index contributed by atoms with van der Waals surface area (Å²) < 4.78 is 15.7. The van der Waals surface area contributed by atoms with Crippen LogP contribution in [-0.2, 0) is 6.54 Å². The first-order valence-corrected chi connectivity index (χ1v) is 8.77. The minimum atomic E-state index is -0.279. The fraction of sp³-hybridized carbons (Fsp3) is 0.105. The van der Waals surface area contributed by atoms with Crippen LogP contribution in [0.1, 0.15) is 10.4 Å². The van der Waals surface area contributed by atoms with E-state index in [4.69, 9.17) is 11.6 Å². The molecule has 0 saturated carbocycles. The first-order chi connectivity index (χ1) is 11.6. The Hall–Kier alpha value is -2.17. The van der Waals surface area contributed by atoms with Gasteiger partial charge in [0.2, 0.25) is 0 Å². The molecule has 0 N–H and O–H groups in total. The summed E-state index contributed by atoms with van der Waals surface area (Å²) in [5, 5.41) is 0.717. The summed E-state index contributed by atoms with van der Waals surface area (Å²) >= 11 is 8.01. The van der Waals surface area contributed by atoms with Gasteiger partial charge in [-0.3, -0.25) is 0 Å². The summed E-state index contributed by atoms with van der Waals surface area (Å²) in [4.78, 5) is 6.95. The Balaban J connectivity index is 1.92. The highest BCUT2D eigenvalue weighted by Crippen LogP contribution is 2.32. The van der Waals surface area contributed by atoms with Crippen LogP contribution in [0.3, 0.4) is 0 Å². The Morgan fingerprint density at radius 1 is 1.12 bits per heavy atom. The summed E-state index contributed by atoms with van der Waals surface area (Å²) in [6.07, 6.45) is 0. The average Bonchev–Trinajstić information content (AvgIpc) is 3.13. The largest absolute Gasteiger partial charge is 0.319 e. The topological polar surface area (TPSA) is 17.8 Å². The van der Waals surface area contributed by atoms with Crippen molar-refractivity contribution in [2.75, 3.05) is 0 Å². The zero-order chi connectivity index (χ0) is 16.7. The zero-order valence-corrected chi connectivity index (χ0v) is 14.5. The lowest BCUT2D eigenvalue weighted by Gasteiger charge is -2.10. The molecule has 0 amide bonds. The van der Waals surface area contributed by atoms with Crippen molar-refractivity contribution in [3.63, 3.8) is 0 Å². The van der Waals surface area contributed by atoms with Gasteiger partial charge in [0.15, 0.2) is 5.82 Å². The second-order valence-electron chi connectivity index (χ2n) is 5.66. The normalized spacial score (nSPS) is 11.3. The number of hydrogen-bond donors (Lipinski definition) is 0. The van der Waals surface area contributed by atoms with Crippen molar-refractivity contribution in [1.82, 2.24) is 9.55 Å². The van der Waals surface area contributed by atoms with Gasteiger partial charge in [-0.05, 0) is 42.8 Å². The molecule has 2 aromatic heterocycles. The highest BCUT2D eigenvalue weighted by atomic mass is 35.5. The zero-order valence-electron chi connectivity index (χ0n) is 13.0. The molecule has 0 bridgehead atoms. The Bertz CT molecular complexity index is 1030. The second kappa shape index (κ2) is 6.04. The molecule has 120 valence electrons. The van der Waals surface area contributed by atoms with Gasteiger partial charge in [-0.15, -0.1) is 11.3 Å². The lowest BCUT2D eigenvalue weighted by atomic mass is 10.2. The van der Waals surface area contributed by atoms with Crippen molar-refractivity contribution in [1.29, 1.82) is 0 Å². The summed E-state index contributed by atoms with van der Waals surface area (Å²) in [6, 6.07) is 16.6. The molecule has 0 aliphatic heterocycles.